The van der Waals surface area contributed by atoms with Crippen LogP contribution in [-0.2, 0) is 24.0 Å². The maximum Gasteiger partial charge on any atom is 0.239 e. The van der Waals surface area contributed by atoms with Gasteiger partial charge in [-0.3, -0.25) is 34.6 Å². The first-order chi connectivity index (χ1) is 17.0. The second kappa shape index (κ2) is 13.8. The molecule has 0 aliphatic heterocycles. The van der Waals surface area contributed by atoms with Gasteiger partial charge in [-0.15, -0.1) is 0 Å². The molecule has 0 bridgehead atoms. The summed E-state index contributed by atoms with van der Waals surface area (Å²) < 4.78 is 0. The Morgan fingerprint density at radius 1 is 0.694 bits per heavy atom. The second-order valence-corrected chi connectivity index (χ2v) is 10.2. The summed E-state index contributed by atoms with van der Waals surface area (Å²) in [5.41, 5.74) is 16.2. The molecule has 0 aromatic carbocycles. The highest BCUT2D eigenvalue weighted by molar-refractivity contribution is 5.92. The molecule has 0 heterocycles. The van der Waals surface area contributed by atoms with Crippen LogP contribution in [0.4, 0.5) is 0 Å². The lowest BCUT2D eigenvalue weighted by Gasteiger charge is -2.32. The monoisotopic (exact) mass is 509 g/mol. The van der Waals surface area contributed by atoms with Crippen LogP contribution in [0, 0.1) is 0 Å². The minimum atomic E-state index is -0.998. The number of amides is 3. The van der Waals surface area contributed by atoms with Crippen molar-refractivity contribution in [3.05, 3.63) is 0 Å². The molecule has 2 saturated carbocycles. The molecule has 0 saturated heterocycles. The van der Waals surface area contributed by atoms with Gasteiger partial charge in [0.05, 0.1) is 24.2 Å². The van der Waals surface area contributed by atoms with E-state index >= 15 is 0 Å². The quantitative estimate of drug-likeness (QED) is 0.139. The van der Waals surface area contributed by atoms with Crippen LogP contribution in [0.5, 0.6) is 0 Å². The summed E-state index contributed by atoms with van der Waals surface area (Å²) in [6.45, 7) is 0.817. The predicted octanol–water partition coefficient (Wildman–Crippen LogP) is -1.90. The van der Waals surface area contributed by atoms with Crippen molar-refractivity contribution in [2.45, 2.75) is 94.3 Å². The number of carbonyl (C=O) groups excluding carboxylic acids is 5. The maximum atomic E-state index is 12.9. The fourth-order valence-electron chi connectivity index (χ4n) is 4.81. The number of hydrogen-bond acceptors (Lipinski definition) is 9. The normalized spacial score (nSPS) is 20.5. The van der Waals surface area contributed by atoms with Crippen LogP contribution in [0.15, 0.2) is 0 Å². The van der Waals surface area contributed by atoms with Crippen molar-refractivity contribution in [3.63, 3.8) is 0 Å². The highest BCUT2D eigenvalue weighted by Crippen LogP contribution is 2.27. The highest BCUT2D eigenvalue weighted by Gasteiger charge is 2.36. The van der Waals surface area contributed by atoms with Crippen molar-refractivity contribution in [2.75, 3.05) is 26.2 Å². The minimum absolute atomic E-state index is 0.0607. The Labute approximate surface area is 212 Å². The maximum absolute atomic E-state index is 12.9. The summed E-state index contributed by atoms with van der Waals surface area (Å²) in [6, 6.07) is -1.93. The molecule has 12 heteroatoms. The van der Waals surface area contributed by atoms with Crippen LogP contribution in [0.3, 0.4) is 0 Å². The van der Waals surface area contributed by atoms with Crippen LogP contribution in [0.25, 0.3) is 0 Å². The molecular formula is C24H43N7O5. The molecule has 204 valence electrons. The molecule has 12 nitrogen and oxygen atoms in total. The van der Waals surface area contributed by atoms with Gasteiger partial charge in [-0.1, -0.05) is 38.5 Å². The van der Waals surface area contributed by atoms with E-state index in [0.717, 1.165) is 38.5 Å². The van der Waals surface area contributed by atoms with Gasteiger partial charge in [-0.05, 0) is 25.7 Å². The molecule has 2 rings (SSSR count). The van der Waals surface area contributed by atoms with Gasteiger partial charge in [0.25, 0.3) is 0 Å². The highest BCUT2D eigenvalue weighted by atomic mass is 16.2. The van der Waals surface area contributed by atoms with Crippen molar-refractivity contribution >= 4 is 29.3 Å². The first-order valence-corrected chi connectivity index (χ1v) is 12.9. The molecule has 0 aromatic heterocycles. The van der Waals surface area contributed by atoms with E-state index in [-0.39, 0.29) is 43.7 Å². The van der Waals surface area contributed by atoms with Gasteiger partial charge in [0, 0.05) is 20.0 Å². The fourth-order valence-corrected chi connectivity index (χ4v) is 4.81. The van der Waals surface area contributed by atoms with E-state index in [9.17, 15) is 24.0 Å². The van der Waals surface area contributed by atoms with Crippen molar-refractivity contribution in [1.82, 2.24) is 21.3 Å². The van der Waals surface area contributed by atoms with Crippen LogP contribution >= 0.6 is 0 Å². The zero-order valence-corrected chi connectivity index (χ0v) is 21.3. The molecule has 2 aliphatic rings. The van der Waals surface area contributed by atoms with Gasteiger partial charge >= 0.3 is 0 Å². The van der Waals surface area contributed by atoms with Gasteiger partial charge in [-0.2, -0.15) is 0 Å². The summed E-state index contributed by atoms with van der Waals surface area (Å²) in [4.78, 5) is 61.5. The zero-order chi connectivity index (χ0) is 26.8. The first kappa shape index (κ1) is 29.8. The molecule has 36 heavy (non-hydrogen) atoms. The Kier molecular flexibility index (Phi) is 11.4. The van der Waals surface area contributed by atoms with E-state index in [1.165, 1.54) is 6.92 Å². The minimum Gasteiger partial charge on any atom is -0.368 e. The molecule has 10 N–H and O–H groups in total. The molecule has 0 radical (unpaired) electrons. The number of nitrogens with two attached hydrogens (primary N) is 3. The number of primary amides is 1. The number of carbonyl (C=O) groups is 5. The Hall–Kier alpha value is -2.41. The summed E-state index contributed by atoms with van der Waals surface area (Å²) in [5.74, 6) is -1.98. The molecule has 2 atom stereocenters. The third kappa shape index (κ3) is 8.91. The van der Waals surface area contributed by atoms with Crippen LogP contribution < -0.4 is 38.5 Å². The molecule has 2 fully saturated rings. The number of ketones is 2. The van der Waals surface area contributed by atoms with Crippen molar-refractivity contribution in [1.29, 1.82) is 0 Å². The van der Waals surface area contributed by atoms with Crippen LogP contribution in [0.2, 0.25) is 0 Å². The average molecular weight is 510 g/mol. The number of rotatable bonds is 14. The standard InChI is InChI=1S/C24H43N7O5/c1-16(32)28-13-18(30-15-20(34)24(27)10-6-3-7-11-24)22(36)31-12-17(21(25)35)29-14-19(33)23(26)8-4-2-5-9-23/h17-18,29-30H,2-15,26-27H2,1H3,(H2,25,35)(H,28,32)(H,31,36). The lowest BCUT2D eigenvalue weighted by atomic mass is 9.79. The van der Waals surface area contributed by atoms with Gasteiger partial charge in [0.1, 0.15) is 12.1 Å². The number of nitrogens with one attached hydrogen (secondary N) is 4. The van der Waals surface area contributed by atoms with Gasteiger partial charge in [-0.25, -0.2) is 0 Å². The summed E-state index contributed by atoms with van der Waals surface area (Å²) >= 11 is 0. The fraction of sp³-hybridized carbons (Fsp3) is 0.792. The van der Waals surface area contributed by atoms with Crippen LogP contribution in [-0.4, -0.2) is 78.6 Å². The van der Waals surface area contributed by atoms with E-state index in [0.29, 0.717) is 25.7 Å². The second-order valence-electron chi connectivity index (χ2n) is 10.2. The SMILES string of the molecule is CC(=O)NCC(NCC(=O)C1(N)CCCCC1)C(=O)NCC(NCC(=O)C1(N)CCCCC1)C(N)=O. The summed E-state index contributed by atoms with van der Waals surface area (Å²) in [6.07, 6.45) is 8.02. The Morgan fingerprint density at radius 3 is 1.53 bits per heavy atom. The van der Waals surface area contributed by atoms with Gasteiger partial charge in [0.15, 0.2) is 11.6 Å². The third-order valence-electron chi connectivity index (χ3n) is 7.32. The van der Waals surface area contributed by atoms with Gasteiger partial charge < -0.3 is 27.8 Å². The van der Waals surface area contributed by atoms with E-state index in [1.54, 1.807) is 0 Å². The lowest BCUT2D eigenvalue weighted by molar-refractivity contribution is -0.126. The summed E-state index contributed by atoms with van der Waals surface area (Å²) in [7, 11) is 0. The average Bonchev–Trinajstić information content (AvgIpc) is 2.84. The number of hydrogen-bond donors (Lipinski definition) is 7. The molecule has 3 amide bonds. The Bertz CT molecular complexity index is 807. The Balaban J connectivity index is 1.91. The van der Waals surface area contributed by atoms with Gasteiger partial charge in [0.2, 0.25) is 17.7 Å². The molecule has 2 unspecified atom stereocenters. The van der Waals surface area contributed by atoms with E-state index in [1.807, 2.05) is 0 Å². The number of Topliss-reactive ketones (excluding diaryl/α,β-unsaturated/α-hetero) is 2. The summed E-state index contributed by atoms with van der Waals surface area (Å²) in [5, 5.41) is 10.9. The molecule has 2 aliphatic carbocycles. The molecule has 0 aromatic rings. The largest absolute Gasteiger partial charge is 0.368 e. The zero-order valence-electron chi connectivity index (χ0n) is 21.3. The molecule has 0 spiro atoms. The predicted molar refractivity (Wildman–Crippen MR) is 134 cm³/mol. The van der Waals surface area contributed by atoms with E-state index in [2.05, 4.69) is 21.3 Å². The molecular weight excluding hydrogens is 466 g/mol. The third-order valence-corrected chi connectivity index (χ3v) is 7.32. The Morgan fingerprint density at radius 2 is 1.11 bits per heavy atom. The lowest BCUT2D eigenvalue weighted by Crippen LogP contribution is -2.59. The topological polar surface area (TPSA) is 212 Å². The van der Waals surface area contributed by atoms with E-state index in [4.69, 9.17) is 17.2 Å². The van der Waals surface area contributed by atoms with E-state index < -0.39 is 35.0 Å². The van der Waals surface area contributed by atoms with Crippen molar-refractivity contribution < 1.29 is 24.0 Å². The first-order valence-electron chi connectivity index (χ1n) is 12.9. The smallest absolute Gasteiger partial charge is 0.239 e. The van der Waals surface area contributed by atoms with Crippen molar-refractivity contribution in [2.24, 2.45) is 17.2 Å². The van der Waals surface area contributed by atoms with Crippen LogP contribution in [0.1, 0.15) is 71.1 Å². The van der Waals surface area contributed by atoms with Crippen molar-refractivity contribution in [3.8, 4) is 0 Å².